The Balaban J connectivity index is 1.02. The molecule has 2 unspecified atom stereocenters. The van der Waals surface area contributed by atoms with Gasteiger partial charge in [0.15, 0.2) is 0 Å². The Labute approximate surface area is 281 Å². The second-order valence-corrected chi connectivity index (χ2v) is 17.1. The molecular formula is C39H56N4O2S. The van der Waals surface area contributed by atoms with Crippen molar-refractivity contribution in [3.63, 3.8) is 0 Å². The molecule has 4 fully saturated rings. The maximum Gasteiger partial charge on any atom is 0.233 e. The van der Waals surface area contributed by atoms with Crippen molar-refractivity contribution >= 4 is 28.2 Å². The van der Waals surface area contributed by atoms with Crippen LogP contribution < -0.4 is 10.6 Å². The van der Waals surface area contributed by atoms with E-state index in [1.807, 2.05) is 11.3 Å². The molecule has 2 bridgehead atoms. The highest BCUT2D eigenvalue weighted by molar-refractivity contribution is 7.16. The number of likely N-dealkylation sites (tertiary alicyclic amines) is 1. The van der Waals surface area contributed by atoms with Gasteiger partial charge in [-0.3, -0.25) is 9.59 Å². The van der Waals surface area contributed by atoms with E-state index in [1.165, 1.54) is 77.1 Å². The Hall–Kier alpha value is -2.38. The van der Waals surface area contributed by atoms with Crippen molar-refractivity contribution in [3.05, 3.63) is 51.4 Å². The van der Waals surface area contributed by atoms with Crippen molar-refractivity contribution in [2.24, 2.45) is 11.8 Å². The lowest BCUT2D eigenvalue weighted by Crippen LogP contribution is -2.45. The fourth-order valence-corrected chi connectivity index (χ4v) is 10.8. The van der Waals surface area contributed by atoms with Crippen LogP contribution in [0.4, 0.5) is 5.00 Å². The second-order valence-electron chi connectivity index (χ2n) is 16.0. The Morgan fingerprint density at radius 3 is 2.20 bits per heavy atom. The summed E-state index contributed by atoms with van der Waals surface area (Å²) in [7, 11) is 0. The number of piperidine rings is 1. The molecule has 7 heteroatoms. The number of carbonyl (C=O) groups excluding carboxylic acids is 2. The van der Waals surface area contributed by atoms with E-state index < -0.39 is 5.41 Å². The smallest absolute Gasteiger partial charge is 0.233 e. The minimum absolute atomic E-state index is 0.250. The number of nitrogens with one attached hydrogen (secondary N) is 2. The van der Waals surface area contributed by atoms with Gasteiger partial charge in [-0.15, -0.1) is 11.3 Å². The molecule has 7 rings (SSSR count). The molecule has 2 N–H and O–H groups in total. The summed E-state index contributed by atoms with van der Waals surface area (Å²) < 4.78 is 0. The van der Waals surface area contributed by atoms with E-state index >= 15 is 0 Å². The van der Waals surface area contributed by atoms with E-state index in [1.54, 1.807) is 0 Å². The van der Waals surface area contributed by atoms with E-state index in [9.17, 15) is 9.59 Å². The first-order chi connectivity index (χ1) is 22.2. The standard InChI is InChI=1S/C39H56N4O2S/c1-25-20-26(2)22-29(21-25)35-32(16-19-42-17-14-27(15-18-42)24-40-36(44)28-8-6-5-7-9-28)33-23-34(46-37(33)41-35)39(3,4)38(45)43-30-10-11-31(43)13-12-30/h20-23,27-28,30-32,35,41H,5-19,24H2,1-4H3,(H,40,44). The molecule has 250 valence electrons. The number of hydrogen-bond donors (Lipinski definition) is 2. The molecule has 1 saturated carbocycles. The molecule has 2 aromatic rings. The minimum Gasteiger partial charge on any atom is -0.369 e. The van der Waals surface area contributed by atoms with Crippen LogP contribution in [0.25, 0.3) is 0 Å². The average molecular weight is 645 g/mol. The van der Waals surface area contributed by atoms with Crippen LogP contribution in [0.3, 0.4) is 0 Å². The molecule has 0 radical (unpaired) electrons. The number of hydrogen-bond acceptors (Lipinski definition) is 5. The molecule has 1 aliphatic carbocycles. The number of anilines is 1. The third-order valence-electron chi connectivity index (χ3n) is 12.3. The van der Waals surface area contributed by atoms with Crippen molar-refractivity contribution in [3.8, 4) is 0 Å². The first-order valence-electron chi connectivity index (χ1n) is 18.5. The van der Waals surface area contributed by atoms with Crippen LogP contribution >= 0.6 is 11.3 Å². The Morgan fingerprint density at radius 1 is 0.891 bits per heavy atom. The van der Waals surface area contributed by atoms with Crippen LogP contribution in [0.15, 0.2) is 24.3 Å². The molecule has 4 aliphatic heterocycles. The zero-order chi connectivity index (χ0) is 32.0. The molecule has 5 heterocycles. The molecule has 3 saturated heterocycles. The van der Waals surface area contributed by atoms with Crippen LogP contribution in [0.2, 0.25) is 0 Å². The molecule has 5 aliphatic rings. The lowest BCUT2D eigenvalue weighted by Gasteiger charge is -2.34. The minimum atomic E-state index is -0.504. The van der Waals surface area contributed by atoms with Gasteiger partial charge < -0.3 is 20.4 Å². The van der Waals surface area contributed by atoms with Gasteiger partial charge in [-0.1, -0.05) is 48.6 Å². The van der Waals surface area contributed by atoms with Gasteiger partial charge in [-0.25, -0.2) is 0 Å². The zero-order valence-electron chi connectivity index (χ0n) is 28.7. The molecule has 0 spiro atoms. The zero-order valence-corrected chi connectivity index (χ0v) is 29.5. The second kappa shape index (κ2) is 13.3. The van der Waals surface area contributed by atoms with Crippen molar-refractivity contribution in [1.82, 2.24) is 15.1 Å². The lowest BCUT2D eigenvalue weighted by molar-refractivity contribution is -0.137. The highest BCUT2D eigenvalue weighted by atomic mass is 32.1. The SMILES string of the molecule is Cc1cc(C)cc(C2Nc3sc(C(C)(C)C(=O)N4C5CCC4CC5)cc3C2CCN2CCC(CNC(=O)C3CCCCC3)CC2)c1. The number of thiophene rings is 1. The Morgan fingerprint density at radius 2 is 1.54 bits per heavy atom. The normalized spacial score (nSPS) is 27.2. The van der Waals surface area contributed by atoms with Crippen molar-refractivity contribution < 1.29 is 9.59 Å². The van der Waals surface area contributed by atoms with Crippen molar-refractivity contribution in [2.75, 3.05) is 31.5 Å². The summed E-state index contributed by atoms with van der Waals surface area (Å²) in [5.41, 5.74) is 4.92. The first kappa shape index (κ1) is 32.2. The van der Waals surface area contributed by atoms with Gasteiger partial charge in [-0.05, 0) is 128 Å². The third-order valence-corrected chi connectivity index (χ3v) is 13.7. The number of aryl methyl sites for hydroxylation is 2. The van der Waals surface area contributed by atoms with E-state index in [2.05, 4.69) is 72.4 Å². The van der Waals surface area contributed by atoms with Crippen LogP contribution in [-0.4, -0.2) is 59.9 Å². The van der Waals surface area contributed by atoms with Crippen LogP contribution in [-0.2, 0) is 15.0 Å². The van der Waals surface area contributed by atoms with Gasteiger partial charge in [0.05, 0.1) is 16.5 Å². The molecule has 46 heavy (non-hydrogen) atoms. The van der Waals surface area contributed by atoms with Gasteiger partial charge in [0.25, 0.3) is 0 Å². The molecular weight excluding hydrogens is 589 g/mol. The van der Waals surface area contributed by atoms with Gasteiger partial charge in [0, 0.05) is 35.3 Å². The van der Waals surface area contributed by atoms with Gasteiger partial charge in [0.1, 0.15) is 0 Å². The fourth-order valence-electron chi connectivity index (χ4n) is 9.51. The van der Waals surface area contributed by atoms with E-state index in [-0.39, 0.29) is 12.0 Å². The van der Waals surface area contributed by atoms with E-state index in [4.69, 9.17) is 0 Å². The number of carbonyl (C=O) groups is 2. The summed E-state index contributed by atoms with van der Waals surface area (Å²) in [6.07, 6.45) is 14.0. The molecule has 2 amide bonds. The van der Waals surface area contributed by atoms with Gasteiger partial charge >= 0.3 is 0 Å². The topological polar surface area (TPSA) is 64.7 Å². The van der Waals surface area contributed by atoms with E-state index in [0.717, 1.165) is 58.3 Å². The van der Waals surface area contributed by atoms with Gasteiger partial charge in [-0.2, -0.15) is 0 Å². The monoisotopic (exact) mass is 644 g/mol. The molecule has 1 aromatic carbocycles. The number of amides is 2. The summed E-state index contributed by atoms with van der Waals surface area (Å²) >= 11 is 1.82. The molecule has 2 atom stereocenters. The Bertz CT molecular complexity index is 1380. The fraction of sp³-hybridized carbons (Fsp3) is 0.692. The number of benzene rings is 1. The quantitative estimate of drug-likeness (QED) is 0.292. The maximum atomic E-state index is 14.0. The first-order valence-corrected chi connectivity index (χ1v) is 19.3. The summed E-state index contributed by atoms with van der Waals surface area (Å²) in [5, 5.41) is 8.55. The summed E-state index contributed by atoms with van der Waals surface area (Å²) in [5.74, 6) is 1.86. The predicted molar refractivity (Wildman–Crippen MR) is 189 cm³/mol. The molecule has 1 aromatic heterocycles. The van der Waals surface area contributed by atoms with Gasteiger partial charge in [0.2, 0.25) is 11.8 Å². The number of rotatable bonds is 9. The average Bonchev–Trinajstić information content (AvgIpc) is 3.83. The van der Waals surface area contributed by atoms with Crippen LogP contribution in [0.1, 0.15) is 130 Å². The van der Waals surface area contributed by atoms with Crippen LogP contribution in [0.5, 0.6) is 0 Å². The summed E-state index contributed by atoms with van der Waals surface area (Å²) in [6, 6.07) is 10.6. The summed E-state index contributed by atoms with van der Waals surface area (Å²) in [6.45, 7) is 12.9. The predicted octanol–water partition coefficient (Wildman–Crippen LogP) is 7.84. The Kier molecular flexibility index (Phi) is 9.28. The summed E-state index contributed by atoms with van der Waals surface area (Å²) in [4.78, 5) is 32.8. The molecule has 6 nitrogen and oxygen atoms in total. The number of nitrogens with zero attached hydrogens (tertiary/aromatic N) is 2. The van der Waals surface area contributed by atoms with Crippen molar-refractivity contribution in [2.45, 2.75) is 134 Å². The lowest BCUT2D eigenvalue weighted by atomic mass is 9.84. The highest BCUT2D eigenvalue weighted by Crippen LogP contribution is 2.53. The highest BCUT2D eigenvalue weighted by Gasteiger charge is 2.48. The van der Waals surface area contributed by atoms with Crippen molar-refractivity contribution in [1.29, 1.82) is 0 Å². The number of fused-ring (bicyclic) bond motifs is 3. The van der Waals surface area contributed by atoms with E-state index in [0.29, 0.717) is 35.7 Å². The maximum absolute atomic E-state index is 14.0. The largest absolute Gasteiger partial charge is 0.369 e. The third kappa shape index (κ3) is 6.40. The van der Waals surface area contributed by atoms with Crippen LogP contribution in [0, 0.1) is 25.7 Å².